The fourth-order valence-electron chi connectivity index (χ4n) is 3.08. The molecular weight excluding hydrogens is 270 g/mol. The molecule has 1 aliphatic heterocycles. The van der Waals surface area contributed by atoms with Crippen LogP contribution in [0.25, 0.3) is 0 Å². The topological polar surface area (TPSA) is 15.3 Å². The first kappa shape index (κ1) is 16.4. The van der Waals surface area contributed by atoms with Gasteiger partial charge in [-0.3, -0.25) is 4.90 Å². The Bertz CT molecular complexity index is 444. The van der Waals surface area contributed by atoms with Gasteiger partial charge in [0.1, 0.15) is 11.6 Å². The number of benzene rings is 1. The fraction of sp³-hybridized carbons (Fsp3) is 0.647. The average Bonchev–Trinajstić information content (AvgIpc) is 2.45. The molecule has 3 unspecified atom stereocenters. The lowest BCUT2D eigenvalue weighted by Crippen LogP contribution is -2.57. The van der Waals surface area contributed by atoms with Crippen LogP contribution in [-0.2, 0) is 6.54 Å². The second kappa shape index (κ2) is 7.32. The van der Waals surface area contributed by atoms with Gasteiger partial charge in [0.25, 0.3) is 0 Å². The highest BCUT2D eigenvalue weighted by Crippen LogP contribution is 2.20. The molecule has 0 aliphatic carbocycles. The van der Waals surface area contributed by atoms with Crippen LogP contribution in [0.5, 0.6) is 0 Å². The largest absolute Gasteiger partial charge is 0.311 e. The van der Waals surface area contributed by atoms with Crippen LogP contribution in [0, 0.1) is 17.6 Å². The summed E-state index contributed by atoms with van der Waals surface area (Å²) in [6.07, 6.45) is 2.18. The van der Waals surface area contributed by atoms with Gasteiger partial charge in [-0.1, -0.05) is 27.2 Å². The van der Waals surface area contributed by atoms with Crippen LogP contribution >= 0.6 is 0 Å². The zero-order chi connectivity index (χ0) is 15.4. The molecule has 21 heavy (non-hydrogen) atoms. The monoisotopic (exact) mass is 296 g/mol. The zero-order valence-electron chi connectivity index (χ0n) is 13.2. The van der Waals surface area contributed by atoms with E-state index in [2.05, 4.69) is 31.0 Å². The van der Waals surface area contributed by atoms with Crippen molar-refractivity contribution in [1.29, 1.82) is 0 Å². The molecule has 2 nitrogen and oxygen atoms in total. The van der Waals surface area contributed by atoms with Gasteiger partial charge in [0.15, 0.2) is 0 Å². The Morgan fingerprint density at radius 1 is 1.24 bits per heavy atom. The molecule has 1 aromatic carbocycles. The molecule has 3 atom stereocenters. The predicted octanol–water partition coefficient (Wildman–Crippen LogP) is 3.56. The minimum absolute atomic E-state index is 0.427. The van der Waals surface area contributed by atoms with E-state index in [1.807, 2.05) is 0 Å². The standard InChI is InChI=1S/C17H26F2N2/c1-4-12(3)17-11-21(16(5-2)9-20-17)10-13-6-14(18)8-15(19)7-13/h6-8,12,16-17,20H,4-5,9-11H2,1-3H3. The van der Waals surface area contributed by atoms with Gasteiger partial charge in [0, 0.05) is 37.8 Å². The molecule has 0 spiro atoms. The van der Waals surface area contributed by atoms with E-state index in [0.717, 1.165) is 37.6 Å². The van der Waals surface area contributed by atoms with E-state index in [9.17, 15) is 8.78 Å². The summed E-state index contributed by atoms with van der Waals surface area (Å²) >= 11 is 0. The van der Waals surface area contributed by atoms with Gasteiger partial charge < -0.3 is 5.32 Å². The Morgan fingerprint density at radius 3 is 2.48 bits per heavy atom. The molecule has 1 saturated heterocycles. The third-order valence-electron chi connectivity index (χ3n) is 4.67. The van der Waals surface area contributed by atoms with Crippen molar-refractivity contribution >= 4 is 0 Å². The molecule has 4 heteroatoms. The van der Waals surface area contributed by atoms with Crippen molar-refractivity contribution in [2.75, 3.05) is 13.1 Å². The predicted molar refractivity (Wildman–Crippen MR) is 82.1 cm³/mol. The fourth-order valence-corrected chi connectivity index (χ4v) is 3.08. The Labute approximate surface area is 126 Å². The number of piperazine rings is 1. The first-order chi connectivity index (χ1) is 10.0. The van der Waals surface area contributed by atoms with Crippen LogP contribution in [-0.4, -0.2) is 30.1 Å². The second-order valence-corrected chi connectivity index (χ2v) is 6.17. The van der Waals surface area contributed by atoms with Gasteiger partial charge in [-0.25, -0.2) is 8.78 Å². The van der Waals surface area contributed by atoms with Gasteiger partial charge in [0.2, 0.25) is 0 Å². The number of hydrogen-bond donors (Lipinski definition) is 1. The van der Waals surface area contributed by atoms with Crippen molar-refractivity contribution in [1.82, 2.24) is 10.2 Å². The molecule has 1 fully saturated rings. The van der Waals surface area contributed by atoms with E-state index >= 15 is 0 Å². The molecule has 1 heterocycles. The molecule has 0 saturated carbocycles. The Balaban J connectivity index is 2.10. The number of nitrogens with zero attached hydrogens (tertiary/aromatic N) is 1. The normalized spacial score (nSPS) is 25.0. The minimum atomic E-state index is -0.494. The van der Waals surface area contributed by atoms with Crippen LogP contribution in [0.3, 0.4) is 0 Å². The molecule has 0 radical (unpaired) electrons. The van der Waals surface area contributed by atoms with E-state index in [1.165, 1.54) is 12.1 Å². The lowest BCUT2D eigenvalue weighted by molar-refractivity contribution is 0.0991. The van der Waals surface area contributed by atoms with Crippen LogP contribution in [0.15, 0.2) is 18.2 Å². The van der Waals surface area contributed by atoms with Crippen molar-refractivity contribution < 1.29 is 8.78 Å². The number of halogens is 2. The van der Waals surface area contributed by atoms with Crippen LogP contribution in [0.2, 0.25) is 0 Å². The zero-order valence-corrected chi connectivity index (χ0v) is 13.2. The van der Waals surface area contributed by atoms with Gasteiger partial charge in [-0.15, -0.1) is 0 Å². The Morgan fingerprint density at radius 2 is 1.90 bits per heavy atom. The molecule has 0 amide bonds. The summed E-state index contributed by atoms with van der Waals surface area (Å²) in [7, 11) is 0. The maximum atomic E-state index is 13.3. The molecule has 1 N–H and O–H groups in total. The summed E-state index contributed by atoms with van der Waals surface area (Å²) in [6, 6.07) is 4.69. The molecule has 0 bridgehead atoms. The van der Waals surface area contributed by atoms with E-state index < -0.39 is 11.6 Å². The van der Waals surface area contributed by atoms with Crippen molar-refractivity contribution in [2.24, 2.45) is 5.92 Å². The van der Waals surface area contributed by atoms with E-state index in [4.69, 9.17) is 0 Å². The molecule has 2 rings (SSSR count). The summed E-state index contributed by atoms with van der Waals surface area (Å²) in [6.45, 7) is 9.11. The van der Waals surface area contributed by atoms with Gasteiger partial charge in [-0.05, 0) is 30.0 Å². The second-order valence-electron chi connectivity index (χ2n) is 6.17. The highest BCUT2D eigenvalue weighted by atomic mass is 19.1. The Hall–Kier alpha value is -1.00. The van der Waals surface area contributed by atoms with Gasteiger partial charge >= 0.3 is 0 Å². The average molecular weight is 296 g/mol. The van der Waals surface area contributed by atoms with Crippen molar-refractivity contribution in [3.05, 3.63) is 35.4 Å². The minimum Gasteiger partial charge on any atom is -0.311 e. The van der Waals surface area contributed by atoms with Gasteiger partial charge in [0.05, 0.1) is 0 Å². The lowest BCUT2D eigenvalue weighted by atomic mass is 9.94. The van der Waals surface area contributed by atoms with Crippen molar-refractivity contribution in [2.45, 2.75) is 52.2 Å². The van der Waals surface area contributed by atoms with Crippen molar-refractivity contribution in [3.63, 3.8) is 0 Å². The summed E-state index contributed by atoms with van der Waals surface area (Å²) in [5.41, 5.74) is 0.718. The van der Waals surface area contributed by atoms with Crippen LogP contribution in [0.4, 0.5) is 8.78 Å². The summed E-state index contributed by atoms with van der Waals surface area (Å²) in [4.78, 5) is 2.36. The Kier molecular flexibility index (Phi) is 5.71. The lowest BCUT2D eigenvalue weighted by Gasteiger charge is -2.42. The third-order valence-corrected chi connectivity index (χ3v) is 4.67. The summed E-state index contributed by atoms with van der Waals surface area (Å²) < 4.78 is 26.7. The van der Waals surface area contributed by atoms with Gasteiger partial charge in [-0.2, -0.15) is 0 Å². The number of hydrogen-bond acceptors (Lipinski definition) is 2. The van der Waals surface area contributed by atoms with E-state index in [1.54, 1.807) is 0 Å². The quantitative estimate of drug-likeness (QED) is 0.893. The number of nitrogens with one attached hydrogen (secondary N) is 1. The molecule has 1 aliphatic rings. The highest BCUT2D eigenvalue weighted by Gasteiger charge is 2.29. The number of rotatable bonds is 5. The maximum absolute atomic E-state index is 13.3. The van der Waals surface area contributed by atoms with Crippen LogP contribution in [0.1, 0.15) is 39.2 Å². The smallest absolute Gasteiger partial charge is 0.126 e. The third kappa shape index (κ3) is 4.24. The van der Waals surface area contributed by atoms with E-state index in [0.29, 0.717) is 24.5 Å². The highest BCUT2D eigenvalue weighted by molar-refractivity contribution is 5.18. The van der Waals surface area contributed by atoms with E-state index in [-0.39, 0.29) is 0 Å². The maximum Gasteiger partial charge on any atom is 0.126 e. The molecular formula is C17H26F2N2. The SMILES string of the molecule is CCC(C)C1CN(Cc2cc(F)cc(F)c2)C(CC)CN1. The molecule has 0 aromatic heterocycles. The summed E-state index contributed by atoms with van der Waals surface area (Å²) in [5, 5.41) is 3.62. The first-order valence-corrected chi connectivity index (χ1v) is 7.95. The molecule has 1 aromatic rings. The van der Waals surface area contributed by atoms with Crippen LogP contribution < -0.4 is 5.32 Å². The molecule has 118 valence electrons. The van der Waals surface area contributed by atoms with Crippen molar-refractivity contribution in [3.8, 4) is 0 Å². The first-order valence-electron chi connectivity index (χ1n) is 7.95. The summed E-state index contributed by atoms with van der Waals surface area (Å²) in [5.74, 6) is -0.382.